The summed E-state index contributed by atoms with van der Waals surface area (Å²) < 4.78 is 0. The van der Waals surface area contributed by atoms with Gasteiger partial charge in [-0.3, -0.25) is 4.98 Å². The summed E-state index contributed by atoms with van der Waals surface area (Å²) in [6.45, 7) is 0.705. The summed E-state index contributed by atoms with van der Waals surface area (Å²) in [5.41, 5.74) is 8.31. The highest BCUT2D eigenvalue weighted by molar-refractivity contribution is 6.31. The van der Waals surface area contributed by atoms with E-state index >= 15 is 0 Å². The summed E-state index contributed by atoms with van der Waals surface area (Å²) >= 11 is 6.11. The molecule has 0 radical (unpaired) electrons. The zero-order valence-corrected chi connectivity index (χ0v) is 11.0. The van der Waals surface area contributed by atoms with Crippen LogP contribution in [0.15, 0.2) is 30.5 Å². The first kappa shape index (κ1) is 11.9. The van der Waals surface area contributed by atoms with E-state index in [0.717, 1.165) is 21.8 Å². The van der Waals surface area contributed by atoms with Gasteiger partial charge in [-0.1, -0.05) is 18.0 Å². The third kappa shape index (κ3) is 2.00. The monoisotopic (exact) mass is 260 g/mol. The molecule has 0 aliphatic heterocycles. The normalized spacial score (nSPS) is 17.7. The van der Waals surface area contributed by atoms with Crippen LogP contribution in [0, 0.1) is 5.92 Å². The number of aromatic nitrogens is 1. The second-order valence-corrected chi connectivity index (χ2v) is 5.53. The van der Waals surface area contributed by atoms with Gasteiger partial charge >= 0.3 is 0 Å². The summed E-state index contributed by atoms with van der Waals surface area (Å²) in [4.78, 5) is 4.40. The second-order valence-electron chi connectivity index (χ2n) is 5.09. The molecule has 1 aromatic heterocycles. The third-order valence-corrected chi connectivity index (χ3v) is 4.34. The Morgan fingerprint density at radius 1 is 1.33 bits per heavy atom. The Balaban J connectivity index is 2.11. The van der Waals surface area contributed by atoms with Crippen molar-refractivity contribution in [1.29, 1.82) is 0 Å². The standard InChI is InChI=1S/C15H17ClN2/c16-11-4-5-15-13(8-11)12(6-7-18-15)14(9-17)10-2-1-3-10/h4-8,10,14H,1-3,9,17H2. The Morgan fingerprint density at radius 2 is 2.17 bits per heavy atom. The summed E-state index contributed by atoms with van der Waals surface area (Å²) in [5, 5.41) is 1.92. The van der Waals surface area contributed by atoms with E-state index in [1.807, 2.05) is 24.4 Å². The number of hydrogen-bond donors (Lipinski definition) is 1. The summed E-state index contributed by atoms with van der Waals surface area (Å²) in [7, 11) is 0. The molecule has 1 aliphatic rings. The van der Waals surface area contributed by atoms with Crippen LogP contribution in [-0.2, 0) is 0 Å². The zero-order valence-electron chi connectivity index (χ0n) is 10.3. The van der Waals surface area contributed by atoms with Crippen LogP contribution >= 0.6 is 11.6 Å². The van der Waals surface area contributed by atoms with Gasteiger partial charge in [0.05, 0.1) is 5.52 Å². The van der Waals surface area contributed by atoms with Crippen molar-refractivity contribution in [3.8, 4) is 0 Å². The van der Waals surface area contributed by atoms with Crippen molar-refractivity contribution in [3.05, 3.63) is 41.0 Å². The number of pyridine rings is 1. The lowest BCUT2D eigenvalue weighted by molar-refractivity contribution is 0.265. The first-order valence-corrected chi connectivity index (χ1v) is 6.91. The Hall–Kier alpha value is -1.12. The van der Waals surface area contributed by atoms with Gasteiger partial charge in [0.1, 0.15) is 0 Å². The van der Waals surface area contributed by atoms with E-state index in [9.17, 15) is 0 Å². The highest BCUT2D eigenvalue weighted by Gasteiger charge is 2.28. The Morgan fingerprint density at radius 3 is 2.83 bits per heavy atom. The summed E-state index contributed by atoms with van der Waals surface area (Å²) in [6, 6.07) is 7.99. The lowest BCUT2D eigenvalue weighted by Gasteiger charge is -2.33. The van der Waals surface area contributed by atoms with E-state index < -0.39 is 0 Å². The fourth-order valence-electron chi connectivity index (χ4n) is 2.88. The van der Waals surface area contributed by atoms with E-state index in [1.165, 1.54) is 24.8 Å². The fraction of sp³-hybridized carbons (Fsp3) is 0.400. The highest BCUT2D eigenvalue weighted by Crippen LogP contribution is 2.40. The molecule has 1 heterocycles. The molecule has 3 rings (SSSR count). The molecule has 94 valence electrons. The minimum absolute atomic E-state index is 0.447. The molecule has 2 N–H and O–H groups in total. The van der Waals surface area contributed by atoms with Crippen molar-refractivity contribution in [1.82, 2.24) is 4.98 Å². The highest BCUT2D eigenvalue weighted by atomic mass is 35.5. The molecule has 3 heteroatoms. The predicted octanol–water partition coefficient (Wildman–Crippen LogP) is 3.73. The number of nitrogens with two attached hydrogens (primary N) is 1. The lowest BCUT2D eigenvalue weighted by Crippen LogP contribution is -2.26. The maximum absolute atomic E-state index is 6.11. The molecule has 0 bridgehead atoms. The maximum atomic E-state index is 6.11. The number of rotatable bonds is 3. The number of nitrogens with zero attached hydrogens (tertiary/aromatic N) is 1. The Kier molecular flexibility index (Phi) is 3.23. The number of fused-ring (bicyclic) bond motifs is 1. The first-order valence-electron chi connectivity index (χ1n) is 6.54. The minimum Gasteiger partial charge on any atom is -0.330 e. The molecule has 1 unspecified atom stereocenters. The average molecular weight is 261 g/mol. The van der Waals surface area contributed by atoms with Crippen molar-refractivity contribution >= 4 is 22.5 Å². The van der Waals surface area contributed by atoms with Crippen LogP contribution in [0.25, 0.3) is 10.9 Å². The number of halogens is 1. The molecule has 18 heavy (non-hydrogen) atoms. The van der Waals surface area contributed by atoms with Crippen LogP contribution in [0.3, 0.4) is 0 Å². The smallest absolute Gasteiger partial charge is 0.0705 e. The molecule has 1 saturated carbocycles. The molecule has 1 aliphatic carbocycles. The number of benzene rings is 1. The summed E-state index contributed by atoms with van der Waals surface area (Å²) in [5.74, 6) is 1.18. The molecule has 2 nitrogen and oxygen atoms in total. The van der Waals surface area contributed by atoms with Gasteiger partial charge in [0.2, 0.25) is 0 Å². The molecule has 2 aromatic rings. The van der Waals surface area contributed by atoms with E-state index in [4.69, 9.17) is 17.3 Å². The van der Waals surface area contributed by atoms with Crippen molar-refractivity contribution in [2.75, 3.05) is 6.54 Å². The van der Waals surface area contributed by atoms with Crippen LogP contribution in [0.1, 0.15) is 30.7 Å². The quantitative estimate of drug-likeness (QED) is 0.913. The topological polar surface area (TPSA) is 38.9 Å². The molecule has 1 aromatic carbocycles. The largest absolute Gasteiger partial charge is 0.330 e. The maximum Gasteiger partial charge on any atom is 0.0705 e. The Bertz CT molecular complexity index is 563. The molecular weight excluding hydrogens is 244 g/mol. The van der Waals surface area contributed by atoms with Crippen molar-refractivity contribution in [3.63, 3.8) is 0 Å². The van der Waals surface area contributed by atoms with Crippen molar-refractivity contribution in [2.24, 2.45) is 11.7 Å². The summed E-state index contributed by atoms with van der Waals surface area (Å²) in [6.07, 6.45) is 5.82. The van der Waals surface area contributed by atoms with Gasteiger partial charge in [0.25, 0.3) is 0 Å². The Labute approximate surface area is 112 Å². The molecule has 1 fully saturated rings. The van der Waals surface area contributed by atoms with Gasteiger partial charge in [0.15, 0.2) is 0 Å². The van der Waals surface area contributed by atoms with Crippen molar-refractivity contribution in [2.45, 2.75) is 25.2 Å². The van der Waals surface area contributed by atoms with E-state index in [1.54, 1.807) is 0 Å². The van der Waals surface area contributed by atoms with E-state index in [0.29, 0.717) is 12.5 Å². The third-order valence-electron chi connectivity index (χ3n) is 4.11. The second kappa shape index (κ2) is 4.87. The number of hydrogen-bond acceptors (Lipinski definition) is 2. The van der Waals surface area contributed by atoms with Gasteiger partial charge in [0, 0.05) is 16.6 Å². The molecule has 0 amide bonds. The zero-order chi connectivity index (χ0) is 12.5. The van der Waals surface area contributed by atoms with E-state index in [2.05, 4.69) is 11.1 Å². The average Bonchev–Trinajstić information content (AvgIpc) is 2.33. The molecule has 0 spiro atoms. The van der Waals surface area contributed by atoms with Gasteiger partial charge in [-0.2, -0.15) is 0 Å². The fourth-order valence-corrected chi connectivity index (χ4v) is 3.05. The lowest BCUT2D eigenvalue weighted by atomic mass is 9.72. The molecule has 0 saturated heterocycles. The minimum atomic E-state index is 0.447. The van der Waals surface area contributed by atoms with Gasteiger partial charge < -0.3 is 5.73 Å². The van der Waals surface area contributed by atoms with E-state index in [-0.39, 0.29) is 0 Å². The van der Waals surface area contributed by atoms with Crippen LogP contribution in [-0.4, -0.2) is 11.5 Å². The van der Waals surface area contributed by atoms with Gasteiger partial charge in [-0.15, -0.1) is 0 Å². The molecular formula is C15H17ClN2. The van der Waals surface area contributed by atoms with Crippen LogP contribution in [0.4, 0.5) is 0 Å². The van der Waals surface area contributed by atoms with Gasteiger partial charge in [-0.25, -0.2) is 0 Å². The first-order chi connectivity index (χ1) is 8.79. The van der Waals surface area contributed by atoms with Crippen molar-refractivity contribution < 1.29 is 0 Å². The SMILES string of the molecule is NCC(c1ccnc2ccc(Cl)cc12)C1CCC1. The van der Waals surface area contributed by atoms with Crippen LogP contribution in [0.5, 0.6) is 0 Å². The molecule has 1 atom stereocenters. The van der Waals surface area contributed by atoms with Gasteiger partial charge in [-0.05, 0) is 61.1 Å². The van der Waals surface area contributed by atoms with Crippen LogP contribution < -0.4 is 5.73 Å². The predicted molar refractivity (Wildman–Crippen MR) is 75.9 cm³/mol. The van der Waals surface area contributed by atoms with Crippen LogP contribution in [0.2, 0.25) is 5.02 Å².